The van der Waals surface area contributed by atoms with E-state index in [2.05, 4.69) is 31.8 Å². The second kappa shape index (κ2) is 6.20. The Morgan fingerprint density at radius 1 is 1.09 bits per heavy atom. The van der Waals surface area contributed by atoms with Crippen LogP contribution < -0.4 is 5.73 Å². The number of aryl methyl sites for hydroxylation is 1. The van der Waals surface area contributed by atoms with Crippen LogP contribution in [0.3, 0.4) is 0 Å². The molecule has 2 N–H and O–H groups in total. The zero-order chi connectivity index (χ0) is 16.2. The quantitative estimate of drug-likeness (QED) is 0.698. The number of hydrogen-bond acceptors (Lipinski definition) is 5. The van der Waals surface area contributed by atoms with Gasteiger partial charge in [0.2, 0.25) is 5.95 Å². The van der Waals surface area contributed by atoms with Crippen LogP contribution in [0.2, 0.25) is 0 Å². The Balaban J connectivity index is 2.15. The highest BCUT2D eigenvalue weighted by atomic mass is 19.1. The van der Waals surface area contributed by atoms with Gasteiger partial charge in [-0.1, -0.05) is 11.8 Å². The van der Waals surface area contributed by atoms with E-state index in [1.54, 1.807) is 25.4 Å². The normalized spacial score (nSPS) is 10.0. The largest absolute Gasteiger partial charge is 0.368 e. The maximum Gasteiger partial charge on any atom is 0.220 e. The molecule has 0 aliphatic carbocycles. The Labute approximate surface area is 132 Å². The van der Waals surface area contributed by atoms with Crippen molar-refractivity contribution in [2.24, 2.45) is 0 Å². The van der Waals surface area contributed by atoms with E-state index in [1.165, 1.54) is 12.3 Å². The highest BCUT2D eigenvalue weighted by Gasteiger charge is 2.12. The lowest BCUT2D eigenvalue weighted by Crippen LogP contribution is -2.03. The molecule has 0 fully saturated rings. The van der Waals surface area contributed by atoms with Crippen LogP contribution in [-0.2, 0) is 0 Å². The summed E-state index contributed by atoms with van der Waals surface area (Å²) in [5.41, 5.74) is 8.63. The van der Waals surface area contributed by atoms with Gasteiger partial charge in [-0.3, -0.25) is 9.97 Å². The summed E-state index contributed by atoms with van der Waals surface area (Å²) < 4.78 is 13.5. The van der Waals surface area contributed by atoms with Crippen LogP contribution in [0, 0.1) is 24.6 Å². The minimum atomic E-state index is -0.455. The molecule has 0 amide bonds. The number of halogens is 1. The smallest absolute Gasteiger partial charge is 0.220 e. The molecule has 5 nitrogen and oxygen atoms in total. The number of nitrogen functional groups attached to an aromatic ring is 1. The Morgan fingerprint density at radius 3 is 2.70 bits per heavy atom. The Hall–Kier alpha value is -3.33. The highest BCUT2D eigenvalue weighted by Crippen LogP contribution is 2.23. The number of pyridine rings is 2. The van der Waals surface area contributed by atoms with Crippen LogP contribution in [0.4, 0.5) is 10.3 Å². The van der Waals surface area contributed by atoms with E-state index in [1.807, 2.05) is 6.07 Å². The van der Waals surface area contributed by atoms with Crippen LogP contribution >= 0.6 is 0 Å². The van der Waals surface area contributed by atoms with Gasteiger partial charge in [0.15, 0.2) is 0 Å². The van der Waals surface area contributed by atoms with Crippen LogP contribution in [0.5, 0.6) is 0 Å². The van der Waals surface area contributed by atoms with Crippen molar-refractivity contribution in [2.45, 2.75) is 6.92 Å². The summed E-state index contributed by atoms with van der Waals surface area (Å²) >= 11 is 0. The van der Waals surface area contributed by atoms with Crippen LogP contribution in [0.15, 0.2) is 43.0 Å². The van der Waals surface area contributed by atoms with Gasteiger partial charge >= 0.3 is 0 Å². The first-order valence-electron chi connectivity index (χ1n) is 6.80. The monoisotopic (exact) mass is 305 g/mol. The second-order valence-electron chi connectivity index (χ2n) is 4.77. The lowest BCUT2D eigenvalue weighted by molar-refractivity contribution is 0.622. The van der Waals surface area contributed by atoms with Crippen molar-refractivity contribution >= 4 is 5.95 Å². The fourth-order valence-electron chi connectivity index (χ4n) is 2.07. The predicted molar refractivity (Wildman–Crippen MR) is 84.6 cm³/mol. The molecular formula is C17H12FN5. The molecule has 3 rings (SSSR count). The van der Waals surface area contributed by atoms with E-state index in [9.17, 15) is 4.39 Å². The van der Waals surface area contributed by atoms with Gasteiger partial charge in [0.25, 0.3) is 0 Å². The van der Waals surface area contributed by atoms with Crippen molar-refractivity contribution < 1.29 is 4.39 Å². The van der Waals surface area contributed by atoms with E-state index < -0.39 is 5.82 Å². The summed E-state index contributed by atoms with van der Waals surface area (Å²) in [7, 11) is 0. The topological polar surface area (TPSA) is 77.6 Å². The molecular weight excluding hydrogens is 293 g/mol. The van der Waals surface area contributed by atoms with Gasteiger partial charge in [-0.05, 0) is 25.1 Å². The van der Waals surface area contributed by atoms with Gasteiger partial charge in [0.05, 0.1) is 23.1 Å². The standard InChI is InChI=1S/C17H12FN5/c1-11-15(5-4-12-3-2-6-20-8-12)16(23-17(19)22-11)13-7-14(18)10-21-9-13/h2-3,6-10H,1H3,(H2,19,22,23). The zero-order valence-electron chi connectivity index (χ0n) is 12.3. The van der Waals surface area contributed by atoms with E-state index in [4.69, 9.17) is 5.73 Å². The van der Waals surface area contributed by atoms with E-state index in [0.717, 1.165) is 11.8 Å². The minimum Gasteiger partial charge on any atom is -0.368 e. The number of rotatable bonds is 1. The van der Waals surface area contributed by atoms with E-state index in [-0.39, 0.29) is 5.95 Å². The van der Waals surface area contributed by atoms with Crippen LogP contribution in [0.25, 0.3) is 11.3 Å². The van der Waals surface area contributed by atoms with Gasteiger partial charge < -0.3 is 5.73 Å². The molecule has 0 unspecified atom stereocenters. The third kappa shape index (κ3) is 3.30. The number of anilines is 1. The number of nitrogens with two attached hydrogens (primary N) is 1. The van der Waals surface area contributed by atoms with E-state index >= 15 is 0 Å². The van der Waals surface area contributed by atoms with Crippen molar-refractivity contribution in [1.82, 2.24) is 19.9 Å². The molecule has 23 heavy (non-hydrogen) atoms. The molecule has 0 aliphatic heterocycles. The van der Waals surface area contributed by atoms with Gasteiger partial charge in [-0.15, -0.1) is 0 Å². The van der Waals surface area contributed by atoms with Gasteiger partial charge in [0, 0.05) is 29.7 Å². The molecule has 3 heterocycles. The molecule has 0 saturated carbocycles. The maximum atomic E-state index is 13.5. The second-order valence-corrected chi connectivity index (χ2v) is 4.77. The summed E-state index contributed by atoms with van der Waals surface area (Å²) in [5.74, 6) is 5.67. The van der Waals surface area contributed by atoms with Crippen molar-refractivity contribution in [3.8, 4) is 23.1 Å². The molecule has 3 aromatic rings. The fourth-order valence-corrected chi connectivity index (χ4v) is 2.07. The Morgan fingerprint density at radius 2 is 1.96 bits per heavy atom. The minimum absolute atomic E-state index is 0.105. The molecule has 0 spiro atoms. The number of hydrogen-bond donors (Lipinski definition) is 1. The number of aromatic nitrogens is 4. The molecule has 3 aromatic heterocycles. The molecule has 6 heteroatoms. The lowest BCUT2D eigenvalue weighted by atomic mass is 10.1. The predicted octanol–water partition coefficient (Wildman–Crippen LogP) is 2.36. The van der Waals surface area contributed by atoms with Gasteiger partial charge in [-0.2, -0.15) is 0 Å². The third-order valence-corrected chi connectivity index (χ3v) is 3.08. The van der Waals surface area contributed by atoms with Crippen molar-refractivity contribution in [1.29, 1.82) is 0 Å². The van der Waals surface area contributed by atoms with E-state index in [0.29, 0.717) is 22.5 Å². The Kier molecular flexibility index (Phi) is 3.93. The summed E-state index contributed by atoms with van der Waals surface area (Å²) in [5, 5.41) is 0. The molecule has 0 bridgehead atoms. The number of nitrogens with zero attached hydrogens (tertiary/aromatic N) is 4. The Bertz CT molecular complexity index is 913. The molecule has 0 aliphatic rings. The van der Waals surface area contributed by atoms with Crippen molar-refractivity contribution in [3.63, 3.8) is 0 Å². The molecule has 0 atom stereocenters. The highest BCUT2D eigenvalue weighted by molar-refractivity contribution is 5.69. The van der Waals surface area contributed by atoms with Gasteiger partial charge in [0.1, 0.15) is 5.82 Å². The van der Waals surface area contributed by atoms with Crippen molar-refractivity contribution in [2.75, 3.05) is 5.73 Å². The summed E-state index contributed by atoms with van der Waals surface area (Å²) in [6.07, 6.45) is 5.97. The SMILES string of the molecule is Cc1nc(N)nc(-c2cncc(F)c2)c1C#Cc1cccnc1. The summed E-state index contributed by atoms with van der Waals surface area (Å²) in [4.78, 5) is 16.2. The average molecular weight is 305 g/mol. The third-order valence-electron chi connectivity index (χ3n) is 3.08. The molecule has 112 valence electrons. The summed E-state index contributed by atoms with van der Waals surface area (Å²) in [6.45, 7) is 1.78. The molecule has 0 saturated heterocycles. The zero-order valence-corrected chi connectivity index (χ0v) is 12.3. The first-order valence-corrected chi connectivity index (χ1v) is 6.80. The van der Waals surface area contributed by atoms with Gasteiger partial charge in [-0.25, -0.2) is 14.4 Å². The molecule has 0 radical (unpaired) electrons. The van der Waals surface area contributed by atoms with Crippen LogP contribution in [-0.4, -0.2) is 19.9 Å². The van der Waals surface area contributed by atoms with Crippen LogP contribution in [0.1, 0.15) is 16.8 Å². The average Bonchev–Trinajstić information content (AvgIpc) is 2.54. The molecule has 0 aromatic carbocycles. The first-order chi connectivity index (χ1) is 11.1. The van der Waals surface area contributed by atoms with Crippen molar-refractivity contribution in [3.05, 3.63) is 65.6 Å². The fraction of sp³-hybridized carbons (Fsp3) is 0.0588. The maximum absolute atomic E-state index is 13.5. The first kappa shape index (κ1) is 14.6. The summed E-state index contributed by atoms with van der Waals surface area (Å²) in [6, 6.07) is 4.98. The lowest BCUT2D eigenvalue weighted by Gasteiger charge is -2.07.